The summed E-state index contributed by atoms with van der Waals surface area (Å²) < 4.78 is 32.5. The molecule has 4 rings (SSSR count). The molecule has 1 aliphatic rings. The number of hydrogen-bond acceptors (Lipinski definition) is 4. The van der Waals surface area contributed by atoms with Gasteiger partial charge in [-0.25, -0.2) is 13.1 Å². The predicted octanol–water partition coefficient (Wildman–Crippen LogP) is 4.30. The normalized spacial score (nSPS) is 15.5. The summed E-state index contributed by atoms with van der Waals surface area (Å²) in [6.45, 7) is 1.66. The van der Waals surface area contributed by atoms with Gasteiger partial charge in [0, 0.05) is 18.0 Å². The molecule has 0 aliphatic heterocycles. The molecule has 0 bridgehead atoms. The summed E-state index contributed by atoms with van der Waals surface area (Å²) in [5.41, 5.74) is 2.97. The standard InChI is InChI=1S/C22H24N2O3S/c1-3-28(25,26)24-22(15-7-8-15)18-11-17(13-23-14-18)20-6-4-5-16-12-19(27-2)9-10-21(16)20/h4-6,9-15,22,24H,3,7-8H2,1-2H3. The van der Waals surface area contributed by atoms with Crippen LogP contribution in [0.1, 0.15) is 31.4 Å². The molecule has 1 saturated carbocycles. The maximum Gasteiger partial charge on any atom is 0.211 e. The monoisotopic (exact) mass is 396 g/mol. The number of rotatable bonds is 7. The lowest BCUT2D eigenvalue weighted by molar-refractivity contribution is 0.415. The summed E-state index contributed by atoms with van der Waals surface area (Å²) in [5.74, 6) is 1.24. The molecule has 1 unspecified atom stereocenters. The molecule has 0 amide bonds. The molecule has 1 N–H and O–H groups in total. The van der Waals surface area contributed by atoms with E-state index in [-0.39, 0.29) is 11.8 Å². The molecule has 0 spiro atoms. The van der Waals surface area contributed by atoms with Crippen molar-refractivity contribution in [2.24, 2.45) is 5.92 Å². The Balaban J connectivity index is 1.75. The fourth-order valence-corrected chi connectivity index (χ4v) is 4.44. The summed E-state index contributed by atoms with van der Waals surface area (Å²) in [6.07, 6.45) is 5.68. The Morgan fingerprint density at radius 2 is 2.00 bits per heavy atom. The van der Waals surface area contributed by atoms with Gasteiger partial charge in [-0.05, 0) is 65.8 Å². The number of nitrogens with zero attached hydrogens (tertiary/aromatic N) is 1. The van der Waals surface area contributed by atoms with E-state index in [1.54, 1.807) is 20.2 Å². The second kappa shape index (κ2) is 7.53. The summed E-state index contributed by atoms with van der Waals surface area (Å²) in [6, 6.07) is 14.0. The van der Waals surface area contributed by atoms with Crippen molar-refractivity contribution in [1.29, 1.82) is 0 Å². The SMILES string of the molecule is CCS(=O)(=O)NC(c1cncc(-c2cccc3cc(OC)ccc23)c1)C1CC1. The van der Waals surface area contributed by atoms with Gasteiger partial charge in [0.25, 0.3) is 0 Å². The van der Waals surface area contributed by atoms with Gasteiger partial charge in [0.1, 0.15) is 5.75 Å². The maximum absolute atomic E-state index is 12.2. The topological polar surface area (TPSA) is 68.3 Å². The van der Waals surface area contributed by atoms with Crippen molar-refractivity contribution in [2.75, 3.05) is 12.9 Å². The highest BCUT2D eigenvalue weighted by atomic mass is 32.2. The Morgan fingerprint density at radius 1 is 1.18 bits per heavy atom. The van der Waals surface area contributed by atoms with E-state index in [9.17, 15) is 8.42 Å². The summed E-state index contributed by atoms with van der Waals surface area (Å²) in [7, 11) is -1.62. The van der Waals surface area contributed by atoms with Crippen molar-refractivity contribution in [2.45, 2.75) is 25.8 Å². The summed E-state index contributed by atoms with van der Waals surface area (Å²) in [5, 5.41) is 2.20. The molecule has 1 aromatic heterocycles. The molecule has 3 aromatic rings. The van der Waals surface area contributed by atoms with Gasteiger partial charge in [0.05, 0.1) is 18.9 Å². The lowest BCUT2D eigenvalue weighted by Gasteiger charge is -2.19. The van der Waals surface area contributed by atoms with Crippen molar-refractivity contribution in [1.82, 2.24) is 9.71 Å². The molecule has 5 nitrogen and oxygen atoms in total. The van der Waals surface area contributed by atoms with Crippen LogP contribution in [0.5, 0.6) is 5.75 Å². The van der Waals surface area contributed by atoms with E-state index in [4.69, 9.17) is 4.74 Å². The zero-order chi connectivity index (χ0) is 19.7. The molecule has 146 valence electrons. The van der Waals surface area contributed by atoms with Gasteiger partial charge in [-0.2, -0.15) is 0 Å². The first-order chi connectivity index (χ1) is 13.5. The zero-order valence-corrected chi connectivity index (χ0v) is 16.9. The first-order valence-corrected chi connectivity index (χ1v) is 11.2. The van der Waals surface area contributed by atoms with Crippen LogP contribution < -0.4 is 9.46 Å². The number of nitrogens with one attached hydrogen (secondary N) is 1. The molecule has 1 fully saturated rings. The Hall–Kier alpha value is -2.44. The van der Waals surface area contributed by atoms with Gasteiger partial charge < -0.3 is 4.74 Å². The molecule has 28 heavy (non-hydrogen) atoms. The highest BCUT2D eigenvalue weighted by Crippen LogP contribution is 2.42. The molecular weight excluding hydrogens is 372 g/mol. The average Bonchev–Trinajstić information content (AvgIpc) is 3.56. The first kappa shape index (κ1) is 18.9. The van der Waals surface area contributed by atoms with Crippen LogP contribution in [0.2, 0.25) is 0 Å². The minimum absolute atomic E-state index is 0.0779. The first-order valence-electron chi connectivity index (χ1n) is 9.53. The third-order valence-electron chi connectivity index (χ3n) is 5.30. The Kier molecular flexibility index (Phi) is 5.08. The number of hydrogen-bond donors (Lipinski definition) is 1. The quantitative estimate of drug-likeness (QED) is 0.646. The summed E-state index contributed by atoms with van der Waals surface area (Å²) >= 11 is 0. The van der Waals surface area contributed by atoms with Crippen LogP contribution in [0.15, 0.2) is 54.9 Å². The average molecular weight is 397 g/mol. The zero-order valence-electron chi connectivity index (χ0n) is 16.1. The molecule has 6 heteroatoms. The van der Waals surface area contributed by atoms with Crippen molar-refractivity contribution >= 4 is 20.8 Å². The number of sulfonamides is 1. The van der Waals surface area contributed by atoms with Gasteiger partial charge in [-0.1, -0.05) is 24.3 Å². The van der Waals surface area contributed by atoms with Crippen molar-refractivity contribution in [3.05, 3.63) is 60.4 Å². The lowest BCUT2D eigenvalue weighted by atomic mass is 9.96. The molecular formula is C22H24N2O3S. The molecule has 0 radical (unpaired) electrons. The van der Waals surface area contributed by atoms with Gasteiger partial charge in [0.15, 0.2) is 0 Å². The maximum atomic E-state index is 12.2. The van der Waals surface area contributed by atoms with Crippen molar-refractivity contribution in [3.8, 4) is 16.9 Å². The van der Waals surface area contributed by atoms with Crippen LogP contribution in [-0.4, -0.2) is 26.3 Å². The van der Waals surface area contributed by atoms with Crippen LogP contribution in [0, 0.1) is 5.92 Å². The van der Waals surface area contributed by atoms with Crippen LogP contribution in [0.4, 0.5) is 0 Å². The van der Waals surface area contributed by atoms with Gasteiger partial charge >= 0.3 is 0 Å². The lowest BCUT2D eigenvalue weighted by Crippen LogP contribution is -2.31. The predicted molar refractivity (Wildman–Crippen MR) is 112 cm³/mol. The van der Waals surface area contributed by atoms with E-state index < -0.39 is 10.0 Å². The second-order valence-corrected chi connectivity index (χ2v) is 9.28. The van der Waals surface area contributed by atoms with E-state index in [1.807, 2.05) is 30.5 Å². The minimum atomic E-state index is -3.28. The third-order valence-corrected chi connectivity index (χ3v) is 6.67. The van der Waals surface area contributed by atoms with Crippen LogP contribution >= 0.6 is 0 Å². The Morgan fingerprint density at radius 3 is 2.71 bits per heavy atom. The molecule has 2 aromatic carbocycles. The smallest absolute Gasteiger partial charge is 0.211 e. The van der Waals surface area contributed by atoms with Gasteiger partial charge in [-0.3, -0.25) is 4.98 Å². The number of ether oxygens (including phenoxy) is 1. The highest BCUT2D eigenvalue weighted by molar-refractivity contribution is 7.89. The van der Waals surface area contributed by atoms with E-state index in [2.05, 4.69) is 27.9 Å². The highest BCUT2D eigenvalue weighted by Gasteiger charge is 2.35. The number of benzene rings is 2. The van der Waals surface area contributed by atoms with E-state index in [0.29, 0.717) is 5.92 Å². The van der Waals surface area contributed by atoms with Crippen LogP contribution in [0.3, 0.4) is 0 Å². The number of pyridine rings is 1. The summed E-state index contributed by atoms with van der Waals surface area (Å²) in [4.78, 5) is 4.43. The van der Waals surface area contributed by atoms with Crippen LogP contribution in [-0.2, 0) is 10.0 Å². The van der Waals surface area contributed by atoms with Crippen LogP contribution in [0.25, 0.3) is 21.9 Å². The van der Waals surface area contributed by atoms with E-state index in [0.717, 1.165) is 46.1 Å². The minimum Gasteiger partial charge on any atom is -0.497 e. The van der Waals surface area contributed by atoms with Crippen molar-refractivity contribution in [3.63, 3.8) is 0 Å². The molecule has 1 aliphatic carbocycles. The fraction of sp³-hybridized carbons (Fsp3) is 0.318. The van der Waals surface area contributed by atoms with Crippen molar-refractivity contribution < 1.29 is 13.2 Å². The number of aromatic nitrogens is 1. The Labute approximate surface area is 165 Å². The molecule has 1 atom stereocenters. The van der Waals surface area contributed by atoms with Gasteiger partial charge in [-0.15, -0.1) is 0 Å². The largest absolute Gasteiger partial charge is 0.497 e. The second-order valence-electron chi connectivity index (χ2n) is 7.24. The number of fused-ring (bicyclic) bond motifs is 1. The molecule has 1 heterocycles. The molecule has 0 saturated heterocycles. The number of methoxy groups -OCH3 is 1. The fourth-order valence-electron chi connectivity index (χ4n) is 3.56. The third kappa shape index (κ3) is 3.88. The van der Waals surface area contributed by atoms with Gasteiger partial charge in [0.2, 0.25) is 10.0 Å². The van der Waals surface area contributed by atoms with E-state index >= 15 is 0 Å². The Bertz CT molecular complexity index is 1110. The van der Waals surface area contributed by atoms with E-state index in [1.165, 1.54) is 0 Å².